The van der Waals surface area contributed by atoms with E-state index in [0.717, 1.165) is 16.1 Å². The molecule has 1 amide bonds. The number of carbonyl (C=O) groups is 1. The van der Waals surface area contributed by atoms with E-state index in [1.807, 2.05) is 17.5 Å². The van der Waals surface area contributed by atoms with Crippen LogP contribution >= 0.6 is 11.3 Å². The number of hydrogen-bond acceptors (Lipinski definition) is 5. The molecule has 0 radical (unpaired) electrons. The van der Waals surface area contributed by atoms with Crippen molar-refractivity contribution in [3.8, 4) is 0 Å². The van der Waals surface area contributed by atoms with Crippen LogP contribution in [0.2, 0.25) is 0 Å². The summed E-state index contributed by atoms with van der Waals surface area (Å²) in [6.07, 6.45) is 0. The van der Waals surface area contributed by atoms with Crippen molar-refractivity contribution in [2.24, 2.45) is 0 Å². The van der Waals surface area contributed by atoms with Crippen molar-refractivity contribution in [2.75, 3.05) is 5.32 Å². The SMILES string of the molecule is CC(=O)Nc1ccsc1CNCc1cccc([N+](=O)[O-])c1. The van der Waals surface area contributed by atoms with Gasteiger partial charge in [0.1, 0.15) is 0 Å². The monoisotopic (exact) mass is 305 g/mol. The Hall–Kier alpha value is -2.25. The lowest BCUT2D eigenvalue weighted by Gasteiger charge is -2.06. The zero-order chi connectivity index (χ0) is 15.2. The van der Waals surface area contributed by atoms with Gasteiger partial charge in [0.25, 0.3) is 5.69 Å². The molecule has 1 aromatic heterocycles. The van der Waals surface area contributed by atoms with Crippen LogP contribution in [0.4, 0.5) is 11.4 Å². The third kappa shape index (κ3) is 4.37. The normalized spacial score (nSPS) is 10.3. The Morgan fingerprint density at radius 2 is 2.14 bits per heavy atom. The maximum atomic E-state index is 11.1. The summed E-state index contributed by atoms with van der Waals surface area (Å²) in [6.45, 7) is 2.59. The summed E-state index contributed by atoms with van der Waals surface area (Å²) < 4.78 is 0. The second-order valence-electron chi connectivity index (χ2n) is 4.47. The van der Waals surface area contributed by atoms with Gasteiger partial charge in [-0.15, -0.1) is 11.3 Å². The summed E-state index contributed by atoms with van der Waals surface area (Å²) in [4.78, 5) is 22.4. The van der Waals surface area contributed by atoms with Crippen molar-refractivity contribution in [1.29, 1.82) is 0 Å². The second kappa shape index (κ2) is 6.96. The Morgan fingerprint density at radius 3 is 2.86 bits per heavy atom. The van der Waals surface area contributed by atoms with Gasteiger partial charge in [0.15, 0.2) is 0 Å². The molecule has 110 valence electrons. The van der Waals surface area contributed by atoms with Crippen molar-refractivity contribution < 1.29 is 9.72 Å². The van der Waals surface area contributed by atoms with Crippen LogP contribution in [0.25, 0.3) is 0 Å². The molecule has 0 saturated heterocycles. The van der Waals surface area contributed by atoms with Crippen molar-refractivity contribution in [3.05, 3.63) is 56.3 Å². The zero-order valence-electron chi connectivity index (χ0n) is 11.5. The van der Waals surface area contributed by atoms with E-state index < -0.39 is 4.92 Å². The zero-order valence-corrected chi connectivity index (χ0v) is 12.3. The molecule has 0 aliphatic carbocycles. The predicted octanol–water partition coefficient (Wildman–Crippen LogP) is 2.90. The molecule has 0 unspecified atom stereocenters. The molecule has 0 aliphatic rings. The van der Waals surface area contributed by atoms with Gasteiger partial charge in [-0.3, -0.25) is 14.9 Å². The number of amides is 1. The Balaban J connectivity index is 1.93. The summed E-state index contributed by atoms with van der Waals surface area (Å²) in [5, 5.41) is 18.6. The largest absolute Gasteiger partial charge is 0.325 e. The highest BCUT2D eigenvalue weighted by Crippen LogP contribution is 2.22. The quantitative estimate of drug-likeness (QED) is 0.635. The highest BCUT2D eigenvalue weighted by atomic mass is 32.1. The van der Waals surface area contributed by atoms with E-state index in [1.54, 1.807) is 23.5 Å². The number of nitro groups is 1. The standard InChI is InChI=1S/C14H15N3O3S/c1-10(18)16-13-5-6-21-14(13)9-15-8-11-3-2-4-12(7-11)17(19)20/h2-7,15H,8-9H2,1H3,(H,16,18). The van der Waals surface area contributed by atoms with Gasteiger partial charge < -0.3 is 10.6 Å². The van der Waals surface area contributed by atoms with Crippen molar-refractivity contribution in [1.82, 2.24) is 5.32 Å². The molecule has 0 atom stereocenters. The minimum Gasteiger partial charge on any atom is -0.325 e. The summed E-state index contributed by atoms with van der Waals surface area (Å²) in [5.74, 6) is -0.103. The number of nitrogens with one attached hydrogen (secondary N) is 2. The number of nitro benzene ring substituents is 1. The number of hydrogen-bond donors (Lipinski definition) is 2. The van der Waals surface area contributed by atoms with E-state index in [4.69, 9.17) is 0 Å². The van der Waals surface area contributed by atoms with E-state index in [0.29, 0.717) is 13.1 Å². The number of benzene rings is 1. The molecule has 1 heterocycles. The smallest absolute Gasteiger partial charge is 0.269 e. The van der Waals surface area contributed by atoms with Gasteiger partial charge >= 0.3 is 0 Å². The van der Waals surface area contributed by atoms with E-state index in [1.165, 1.54) is 13.0 Å². The fourth-order valence-corrected chi connectivity index (χ4v) is 2.68. The molecule has 21 heavy (non-hydrogen) atoms. The molecule has 2 N–H and O–H groups in total. The maximum Gasteiger partial charge on any atom is 0.269 e. The Morgan fingerprint density at radius 1 is 1.33 bits per heavy atom. The number of thiophene rings is 1. The molecular weight excluding hydrogens is 290 g/mol. The summed E-state index contributed by atoms with van der Waals surface area (Å²) >= 11 is 1.55. The maximum absolute atomic E-state index is 11.1. The third-order valence-corrected chi connectivity index (χ3v) is 3.71. The molecule has 0 bridgehead atoms. The highest BCUT2D eigenvalue weighted by molar-refractivity contribution is 7.10. The summed E-state index contributed by atoms with van der Waals surface area (Å²) in [5.41, 5.74) is 1.74. The van der Waals surface area contributed by atoms with Crippen LogP contribution in [0.3, 0.4) is 0 Å². The van der Waals surface area contributed by atoms with E-state index >= 15 is 0 Å². The average molecular weight is 305 g/mol. The van der Waals surface area contributed by atoms with E-state index in [2.05, 4.69) is 10.6 Å². The first-order valence-electron chi connectivity index (χ1n) is 6.34. The van der Waals surface area contributed by atoms with Gasteiger partial charge in [0, 0.05) is 37.0 Å². The molecule has 7 heteroatoms. The number of carbonyl (C=O) groups excluding carboxylic acids is 1. The molecule has 1 aromatic carbocycles. The lowest BCUT2D eigenvalue weighted by molar-refractivity contribution is -0.384. The Bertz CT molecular complexity index is 654. The van der Waals surface area contributed by atoms with Crippen LogP contribution in [0.15, 0.2) is 35.7 Å². The van der Waals surface area contributed by atoms with Crippen LogP contribution in [0.1, 0.15) is 17.4 Å². The van der Waals surface area contributed by atoms with Crippen LogP contribution in [-0.4, -0.2) is 10.8 Å². The van der Waals surface area contributed by atoms with Crippen LogP contribution < -0.4 is 10.6 Å². The molecule has 0 spiro atoms. The van der Waals surface area contributed by atoms with Gasteiger partial charge in [-0.2, -0.15) is 0 Å². The fourth-order valence-electron chi connectivity index (χ4n) is 1.88. The molecule has 0 aliphatic heterocycles. The van der Waals surface area contributed by atoms with Crippen LogP contribution in [-0.2, 0) is 17.9 Å². The molecule has 0 saturated carbocycles. The van der Waals surface area contributed by atoms with Gasteiger partial charge in [-0.25, -0.2) is 0 Å². The average Bonchev–Trinajstić information content (AvgIpc) is 2.86. The van der Waals surface area contributed by atoms with E-state index in [9.17, 15) is 14.9 Å². The number of rotatable bonds is 6. The van der Waals surface area contributed by atoms with Crippen molar-refractivity contribution >= 4 is 28.6 Å². The minimum atomic E-state index is -0.405. The topological polar surface area (TPSA) is 84.3 Å². The highest BCUT2D eigenvalue weighted by Gasteiger charge is 2.07. The number of anilines is 1. The van der Waals surface area contributed by atoms with Gasteiger partial charge in [-0.05, 0) is 17.0 Å². The molecular formula is C14H15N3O3S. The van der Waals surface area contributed by atoms with Gasteiger partial charge in [0.2, 0.25) is 5.91 Å². The Labute approximate surface area is 126 Å². The van der Waals surface area contributed by atoms with Crippen LogP contribution in [0, 0.1) is 10.1 Å². The third-order valence-electron chi connectivity index (χ3n) is 2.79. The molecule has 2 aromatic rings. The van der Waals surface area contributed by atoms with Crippen molar-refractivity contribution in [3.63, 3.8) is 0 Å². The summed E-state index contributed by atoms with van der Waals surface area (Å²) in [6, 6.07) is 8.39. The molecule has 0 fully saturated rings. The first-order valence-corrected chi connectivity index (χ1v) is 7.22. The molecule has 2 rings (SSSR count). The van der Waals surface area contributed by atoms with Gasteiger partial charge in [0.05, 0.1) is 10.6 Å². The number of nitrogens with zero attached hydrogens (tertiary/aromatic N) is 1. The minimum absolute atomic E-state index is 0.0874. The summed E-state index contributed by atoms with van der Waals surface area (Å²) in [7, 11) is 0. The lowest BCUT2D eigenvalue weighted by atomic mass is 10.2. The van der Waals surface area contributed by atoms with Gasteiger partial charge in [-0.1, -0.05) is 12.1 Å². The first-order chi connectivity index (χ1) is 10.1. The van der Waals surface area contributed by atoms with E-state index in [-0.39, 0.29) is 11.6 Å². The molecule has 6 nitrogen and oxygen atoms in total. The van der Waals surface area contributed by atoms with Crippen molar-refractivity contribution in [2.45, 2.75) is 20.0 Å². The second-order valence-corrected chi connectivity index (χ2v) is 5.47. The predicted molar refractivity (Wildman–Crippen MR) is 82.3 cm³/mol. The fraction of sp³-hybridized carbons (Fsp3) is 0.214. The lowest BCUT2D eigenvalue weighted by Crippen LogP contribution is -2.14. The Kier molecular flexibility index (Phi) is 5.02. The number of non-ortho nitro benzene ring substituents is 1. The first kappa shape index (κ1) is 15.1. The van der Waals surface area contributed by atoms with Crippen LogP contribution in [0.5, 0.6) is 0 Å².